The van der Waals surface area contributed by atoms with E-state index in [2.05, 4.69) is 31.4 Å². The molecule has 0 saturated carbocycles. The Bertz CT molecular complexity index is 896. The summed E-state index contributed by atoms with van der Waals surface area (Å²) in [6.45, 7) is 2.57. The Hall–Kier alpha value is -2.51. The van der Waals surface area contributed by atoms with E-state index in [0.29, 0.717) is 18.3 Å². The zero-order valence-corrected chi connectivity index (χ0v) is 16.2. The maximum atomic E-state index is 12.2. The molecule has 0 bridgehead atoms. The van der Waals surface area contributed by atoms with Crippen molar-refractivity contribution >= 4 is 27.5 Å². The molecule has 0 saturated heterocycles. The molecule has 1 aromatic heterocycles. The van der Waals surface area contributed by atoms with Crippen LogP contribution in [0, 0.1) is 6.92 Å². The van der Waals surface area contributed by atoms with Crippen molar-refractivity contribution in [2.24, 2.45) is 0 Å². The minimum absolute atomic E-state index is 0.0966. The van der Waals surface area contributed by atoms with Crippen LogP contribution in [0.15, 0.2) is 57.5 Å². The zero-order chi connectivity index (χ0) is 18.5. The predicted molar refractivity (Wildman–Crippen MR) is 104 cm³/mol. The van der Waals surface area contributed by atoms with E-state index in [-0.39, 0.29) is 12.5 Å². The average Bonchev–Trinajstić information content (AvgIpc) is 3.06. The molecule has 3 aromatic rings. The molecule has 3 rings (SSSR count). The second-order valence-corrected chi connectivity index (χ2v) is 6.97. The molecule has 0 atom stereocenters. The molecule has 0 aliphatic heterocycles. The van der Waals surface area contributed by atoms with Crippen molar-refractivity contribution in [3.63, 3.8) is 0 Å². The Balaban J connectivity index is 1.56. The number of benzene rings is 2. The van der Waals surface area contributed by atoms with Gasteiger partial charge in [0.2, 0.25) is 17.6 Å². The monoisotopic (exact) mass is 414 g/mol. The van der Waals surface area contributed by atoms with E-state index in [4.69, 9.17) is 4.52 Å². The van der Waals surface area contributed by atoms with Crippen LogP contribution in [0.5, 0.6) is 0 Å². The highest BCUT2D eigenvalue weighted by Gasteiger charge is 2.13. The quantitative estimate of drug-likeness (QED) is 0.662. The third-order valence-electron chi connectivity index (χ3n) is 3.78. The molecule has 0 aliphatic rings. The van der Waals surface area contributed by atoms with Crippen LogP contribution in [0.25, 0.3) is 11.4 Å². The van der Waals surface area contributed by atoms with Crippen LogP contribution in [0.1, 0.15) is 11.5 Å². The molecule has 26 heavy (non-hydrogen) atoms. The van der Waals surface area contributed by atoms with E-state index in [1.54, 1.807) is 0 Å². The van der Waals surface area contributed by atoms with Crippen molar-refractivity contribution in [2.75, 3.05) is 18.9 Å². The first-order valence-electron chi connectivity index (χ1n) is 8.14. The third kappa shape index (κ3) is 4.77. The average molecular weight is 415 g/mol. The lowest BCUT2D eigenvalue weighted by Crippen LogP contribution is -2.30. The summed E-state index contributed by atoms with van der Waals surface area (Å²) in [7, 11) is 1.83. The summed E-state index contributed by atoms with van der Waals surface area (Å²) in [6.07, 6.45) is 0. The number of aromatic nitrogens is 2. The van der Waals surface area contributed by atoms with Crippen LogP contribution in [-0.4, -0.2) is 34.5 Å². The molecule has 1 heterocycles. The number of carbonyl (C=O) groups excluding carboxylic acids is 1. The van der Waals surface area contributed by atoms with Gasteiger partial charge in [0.05, 0.1) is 13.1 Å². The molecule has 0 spiro atoms. The lowest BCUT2D eigenvalue weighted by Gasteiger charge is -2.15. The second kappa shape index (κ2) is 8.25. The summed E-state index contributed by atoms with van der Waals surface area (Å²) in [5.74, 6) is 0.920. The summed E-state index contributed by atoms with van der Waals surface area (Å²) in [5, 5.41) is 6.91. The smallest absolute Gasteiger partial charge is 0.241 e. The maximum absolute atomic E-state index is 12.2. The fourth-order valence-electron chi connectivity index (χ4n) is 2.51. The number of hydrogen-bond acceptors (Lipinski definition) is 5. The molecule has 2 aromatic carbocycles. The largest absolute Gasteiger partial charge is 0.338 e. The van der Waals surface area contributed by atoms with Gasteiger partial charge in [-0.3, -0.25) is 9.69 Å². The van der Waals surface area contributed by atoms with Crippen LogP contribution in [0.2, 0.25) is 0 Å². The highest BCUT2D eigenvalue weighted by atomic mass is 79.9. The van der Waals surface area contributed by atoms with E-state index in [9.17, 15) is 4.79 Å². The minimum Gasteiger partial charge on any atom is -0.338 e. The van der Waals surface area contributed by atoms with Gasteiger partial charge in [0.25, 0.3) is 0 Å². The fraction of sp³-hybridized carbons (Fsp3) is 0.211. The standard InChI is InChI=1S/C19H19BrN4O2/c1-13-10-15(20)8-9-16(13)21-17(25)11-24(2)12-18-22-19(23-26-18)14-6-4-3-5-7-14/h3-10H,11-12H2,1-2H3,(H,21,25). The third-order valence-corrected chi connectivity index (χ3v) is 4.27. The minimum atomic E-state index is -0.0966. The Kier molecular flexibility index (Phi) is 5.80. The predicted octanol–water partition coefficient (Wildman–Crippen LogP) is 3.88. The highest BCUT2D eigenvalue weighted by Crippen LogP contribution is 2.20. The number of rotatable bonds is 6. The number of hydrogen-bond donors (Lipinski definition) is 1. The summed E-state index contributed by atoms with van der Waals surface area (Å²) >= 11 is 3.41. The number of amides is 1. The molecule has 0 aliphatic carbocycles. The van der Waals surface area contributed by atoms with Gasteiger partial charge in [-0.1, -0.05) is 51.4 Å². The molecular formula is C19H19BrN4O2. The van der Waals surface area contributed by atoms with Crippen molar-refractivity contribution in [2.45, 2.75) is 13.5 Å². The van der Waals surface area contributed by atoms with Gasteiger partial charge >= 0.3 is 0 Å². The number of anilines is 1. The van der Waals surface area contributed by atoms with Crippen LogP contribution in [0.4, 0.5) is 5.69 Å². The number of halogens is 1. The maximum Gasteiger partial charge on any atom is 0.241 e. The van der Waals surface area contributed by atoms with Crippen molar-refractivity contribution in [3.8, 4) is 11.4 Å². The van der Waals surface area contributed by atoms with Gasteiger partial charge < -0.3 is 9.84 Å². The van der Waals surface area contributed by atoms with Crippen molar-refractivity contribution in [1.29, 1.82) is 0 Å². The first-order chi connectivity index (χ1) is 12.5. The second-order valence-electron chi connectivity index (χ2n) is 6.06. The number of nitrogens with zero attached hydrogens (tertiary/aromatic N) is 3. The molecule has 134 valence electrons. The van der Waals surface area contributed by atoms with Gasteiger partial charge in [-0.2, -0.15) is 4.98 Å². The summed E-state index contributed by atoms with van der Waals surface area (Å²) in [4.78, 5) is 18.5. The Morgan fingerprint density at radius 1 is 1.23 bits per heavy atom. The molecule has 1 N–H and O–H groups in total. The first-order valence-corrected chi connectivity index (χ1v) is 8.93. The zero-order valence-electron chi connectivity index (χ0n) is 14.6. The molecule has 0 radical (unpaired) electrons. The first kappa shape index (κ1) is 18.3. The highest BCUT2D eigenvalue weighted by molar-refractivity contribution is 9.10. The summed E-state index contributed by atoms with van der Waals surface area (Å²) < 4.78 is 6.26. The van der Waals surface area contributed by atoms with Gasteiger partial charge in [0, 0.05) is 15.7 Å². The van der Waals surface area contributed by atoms with Gasteiger partial charge in [0.15, 0.2) is 0 Å². The molecule has 0 unspecified atom stereocenters. The fourth-order valence-corrected chi connectivity index (χ4v) is 2.99. The summed E-state index contributed by atoms with van der Waals surface area (Å²) in [6, 6.07) is 15.4. The van der Waals surface area contributed by atoms with Crippen molar-refractivity contribution in [1.82, 2.24) is 15.0 Å². The van der Waals surface area contributed by atoms with Gasteiger partial charge in [-0.25, -0.2) is 0 Å². The van der Waals surface area contributed by atoms with Crippen LogP contribution in [-0.2, 0) is 11.3 Å². The SMILES string of the molecule is Cc1cc(Br)ccc1NC(=O)CN(C)Cc1nc(-c2ccccc2)no1. The molecule has 7 heteroatoms. The molecular weight excluding hydrogens is 396 g/mol. The molecule has 0 fully saturated rings. The Morgan fingerprint density at radius 2 is 2.00 bits per heavy atom. The van der Waals surface area contributed by atoms with E-state index in [1.807, 2.05) is 67.4 Å². The number of likely N-dealkylation sites (N-methyl/N-ethyl adjacent to an activating group) is 1. The van der Waals surface area contributed by atoms with E-state index < -0.39 is 0 Å². The van der Waals surface area contributed by atoms with Gasteiger partial charge in [-0.15, -0.1) is 0 Å². The molecule has 6 nitrogen and oxygen atoms in total. The number of nitrogens with one attached hydrogen (secondary N) is 1. The van der Waals surface area contributed by atoms with Crippen molar-refractivity contribution < 1.29 is 9.32 Å². The number of carbonyl (C=O) groups is 1. The Labute approximate surface area is 160 Å². The summed E-state index contributed by atoms with van der Waals surface area (Å²) in [5.41, 5.74) is 2.70. The lowest BCUT2D eigenvalue weighted by molar-refractivity contribution is -0.117. The van der Waals surface area contributed by atoms with Crippen LogP contribution >= 0.6 is 15.9 Å². The van der Waals surface area contributed by atoms with E-state index in [1.165, 1.54) is 0 Å². The van der Waals surface area contributed by atoms with E-state index >= 15 is 0 Å². The van der Waals surface area contributed by atoms with Crippen LogP contribution in [0.3, 0.4) is 0 Å². The normalized spacial score (nSPS) is 10.9. The van der Waals surface area contributed by atoms with Crippen LogP contribution < -0.4 is 5.32 Å². The topological polar surface area (TPSA) is 71.3 Å². The van der Waals surface area contributed by atoms with Crippen molar-refractivity contribution in [3.05, 3.63) is 64.5 Å². The van der Waals surface area contributed by atoms with Gasteiger partial charge in [-0.05, 0) is 37.7 Å². The molecule has 1 amide bonds. The lowest BCUT2D eigenvalue weighted by atomic mass is 10.2. The van der Waals surface area contributed by atoms with Gasteiger partial charge in [0.1, 0.15) is 0 Å². The Morgan fingerprint density at radius 3 is 2.73 bits per heavy atom. The number of aryl methyl sites for hydroxylation is 1. The van der Waals surface area contributed by atoms with E-state index in [0.717, 1.165) is 21.3 Å².